The number of likely N-dealkylation sites (N-methyl/N-ethyl adjacent to an activating group) is 1. The van der Waals surface area contributed by atoms with Crippen molar-refractivity contribution in [3.63, 3.8) is 0 Å². The van der Waals surface area contributed by atoms with Crippen LogP contribution in [0.4, 0.5) is 0 Å². The quantitative estimate of drug-likeness (QED) is 0.670. The Morgan fingerprint density at radius 3 is 2.58 bits per heavy atom. The largest absolute Gasteiger partial charge is 0.497 e. The number of hydrogen-bond acceptors (Lipinski definition) is 4. The fourth-order valence-corrected chi connectivity index (χ4v) is 1.87. The lowest BCUT2D eigenvalue weighted by Gasteiger charge is -2.17. The van der Waals surface area contributed by atoms with Gasteiger partial charge in [0, 0.05) is 5.56 Å². The van der Waals surface area contributed by atoms with E-state index in [4.69, 9.17) is 4.74 Å². The highest BCUT2D eigenvalue weighted by atomic mass is 16.5. The number of carbonyl (C=O) groups is 1. The number of hydrogen-bond donors (Lipinski definition) is 0. The number of nitrogens with zero attached hydrogens (tertiary/aromatic N) is 2. The van der Waals surface area contributed by atoms with Gasteiger partial charge in [0.25, 0.3) is 0 Å². The minimum atomic E-state index is 0.131. The normalized spacial score (nSPS) is 11.1. The summed E-state index contributed by atoms with van der Waals surface area (Å²) in [6, 6.07) is 7.31. The van der Waals surface area contributed by atoms with Crippen LogP contribution in [0.25, 0.3) is 0 Å². The standard InChI is InChI=1S/C15H24N2O2/c1-16(2)9-6-10-17(3)12-15(18)13-7-5-8-14(11-13)19-4/h5,7-8,11H,6,9-10,12H2,1-4H3. The van der Waals surface area contributed by atoms with Crippen LogP contribution in [0.2, 0.25) is 0 Å². The molecule has 19 heavy (non-hydrogen) atoms. The number of methoxy groups -OCH3 is 1. The van der Waals surface area contributed by atoms with Crippen molar-refractivity contribution in [3.8, 4) is 5.75 Å². The Hall–Kier alpha value is -1.39. The first kappa shape index (κ1) is 15.7. The molecule has 0 unspecified atom stereocenters. The van der Waals surface area contributed by atoms with Gasteiger partial charge in [-0.05, 0) is 52.8 Å². The van der Waals surface area contributed by atoms with E-state index in [1.165, 1.54) is 0 Å². The van der Waals surface area contributed by atoms with Crippen molar-refractivity contribution in [2.75, 3.05) is 47.9 Å². The summed E-state index contributed by atoms with van der Waals surface area (Å²) >= 11 is 0. The van der Waals surface area contributed by atoms with E-state index >= 15 is 0 Å². The topological polar surface area (TPSA) is 32.8 Å². The van der Waals surface area contributed by atoms with Gasteiger partial charge in [-0.1, -0.05) is 12.1 Å². The molecule has 0 heterocycles. The van der Waals surface area contributed by atoms with Crippen LogP contribution in [0.15, 0.2) is 24.3 Å². The Bertz CT molecular complexity index is 405. The van der Waals surface area contributed by atoms with Crippen LogP contribution in [-0.2, 0) is 0 Å². The van der Waals surface area contributed by atoms with Crippen LogP contribution < -0.4 is 4.74 Å². The van der Waals surface area contributed by atoms with E-state index in [-0.39, 0.29) is 5.78 Å². The maximum atomic E-state index is 12.1. The molecule has 1 aromatic rings. The number of Topliss-reactive ketones (excluding diaryl/α,β-unsaturated/α-hetero) is 1. The Balaban J connectivity index is 2.45. The summed E-state index contributed by atoms with van der Waals surface area (Å²) in [5, 5.41) is 0. The average molecular weight is 264 g/mol. The third-order valence-electron chi connectivity index (χ3n) is 2.95. The van der Waals surface area contributed by atoms with E-state index in [1.54, 1.807) is 13.2 Å². The highest BCUT2D eigenvalue weighted by Gasteiger charge is 2.10. The molecule has 0 fully saturated rings. The predicted octanol–water partition coefficient (Wildman–Crippen LogP) is 1.76. The highest BCUT2D eigenvalue weighted by molar-refractivity contribution is 5.97. The first-order valence-corrected chi connectivity index (χ1v) is 6.53. The second kappa shape index (κ2) is 7.92. The average Bonchev–Trinajstić information content (AvgIpc) is 2.38. The highest BCUT2D eigenvalue weighted by Crippen LogP contribution is 2.13. The second-order valence-electron chi connectivity index (χ2n) is 5.05. The van der Waals surface area contributed by atoms with Crippen LogP contribution in [-0.4, -0.2) is 63.5 Å². The van der Waals surface area contributed by atoms with Crippen molar-refractivity contribution in [2.45, 2.75) is 6.42 Å². The molecule has 0 amide bonds. The van der Waals surface area contributed by atoms with Crippen molar-refractivity contribution >= 4 is 5.78 Å². The molecular weight excluding hydrogens is 240 g/mol. The van der Waals surface area contributed by atoms with Gasteiger partial charge in [-0.2, -0.15) is 0 Å². The fraction of sp³-hybridized carbons (Fsp3) is 0.533. The first-order chi connectivity index (χ1) is 9.02. The zero-order valence-corrected chi connectivity index (χ0v) is 12.3. The maximum absolute atomic E-state index is 12.1. The molecule has 1 rings (SSSR count). The molecule has 0 saturated heterocycles. The molecular formula is C15H24N2O2. The van der Waals surface area contributed by atoms with Crippen molar-refractivity contribution in [1.82, 2.24) is 9.80 Å². The zero-order chi connectivity index (χ0) is 14.3. The van der Waals surface area contributed by atoms with Gasteiger partial charge < -0.3 is 9.64 Å². The molecule has 4 heteroatoms. The first-order valence-electron chi connectivity index (χ1n) is 6.53. The molecule has 0 atom stereocenters. The number of ketones is 1. The molecule has 0 aliphatic heterocycles. The van der Waals surface area contributed by atoms with Crippen molar-refractivity contribution < 1.29 is 9.53 Å². The summed E-state index contributed by atoms with van der Waals surface area (Å²) in [4.78, 5) is 16.3. The summed E-state index contributed by atoms with van der Waals surface area (Å²) in [7, 11) is 7.70. The lowest BCUT2D eigenvalue weighted by atomic mass is 10.1. The number of carbonyl (C=O) groups excluding carboxylic acids is 1. The molecule has 4 nitrogen and oxygen atoms in total. The monoisotopic (exact) mass is 264 g/mol. The van der Waals surface area contributed by atoms with Gasteiger partial charge in [-0.25, -0.2) is 0 Å². The van der Waals surface area contributed by atoms with Crippen LogP contribution in [0.5, 0.6) is 5.75 Å². The molecule has 0 bridgehead atoms. The van der Waals surface area contributed by atoms with Crippen LogP contribution >= 0.6 is 0 Å². The zero-order valence-electron chi connectivity index (χ0n) is 12.3. The fourth-order valence-electron chi connectivity index (χ4n) is 1.87. The van der Waals surface area contributed by atoms with Gasteiger partial charge in [0.05, 0.1) is 13.7 Å². The van der Waals surface area contributed by atoms with Gasteiger partial charge in [0.2, 0.25) is 0 Å². The molecule has 0 aromatic heterocycles. The minimum Gasteiger partial charge on any atom is -0.497 e. The van der Waals surface area contributed by atoms with Gasteiger partial charge >= 0.3 is 0 Å². The van der Waals surface area contributed by atoms with E-state index in [0.29, 0.717) is 12.1 Å². The van der Waals surface area contributed by atoms with Gasteiger partial charge in [-0.15, -0.1) is 0 Å². The van der Waals surface area contributed by atoms with E-state index < -0.39 is 0 Å². The minimum absolute atomic E-state index is 0.131. The van der Waals surface area contributed by atoms with Crippen molar-refractivity contribution in [1.29, 1.82) is 0 Å². The van der Waals surface area contributed by atoms with Crippen LogP contribution in [0.1, 0.15) is 16.8 Å². The Kier molecular flexibility index (Phi) is 6.53. The molecule has 0 saturated carbocycles. The van der Waals surface area contributed by atoms with Crippen LogP contribution in [0, 0.1) is 0 Å². The molecule has 0 aliphatic carbocycles. The molecule has 1 aromatic carbocycles. The summed E-state index contributed by atoms with van der Waals surface area (Å²) in [5.41, 5.74) is 0.707. The number of rotatable bonds is 8. The van der Waals surface area contributed by atoms with E-state index in [1.807, 2.05) is 25.2 Å². The summed E-state index contributed by atoms with van der Waals surface area (Å²) < 4.78 is 5.13. The van der Waals surface area contributed by atoms with E-state index in [9.17, 15) is 4.79 Å². The lowest BCUT2D eigenvalue weighted by Crippen LogP contribution is -2.29. The predicted molar refractivity (Wildman–Crippen MR) is 78.0 cm³/mol. The van der Waals surface area contributed by atoms with Gasteiger partial charge in [0.15, 0.2) is 5.78 Å². The smallest absolute Gasteiger partial charge is 0.176 e. The number of benzene rings is 1. The Morgan fingerprint density at radius 2 is 1.95 bits per heavy atom. The third kappa shape index (κ3) is 5.85. The molecule has 0 aliphatic rings. The van der Waals surface area contributed by atoms with Crippen molar-refractivity contribution in [2.24, 2.45) is 0 Å². The number of ether oxygens (including phenoxy) is 1. The lowest BCUT2D eigenvalue weighted by molar-refractivity contribution is 0.0944. The third-order valence-corrected chi connectivity index (χ3v) is 2.95. The molecule has 0 radical (unpaired) electrons. The SMILES string of the molecule is COc1cccc(C(=O)CN(C)CCCN(C)C)c1. The van der Waals surface area contributed by atoms with Gasteiger partial charge in [-0.3, -0.25) is 9.69 Å². The van der Waals surface area contributed by atoms with Crippen LogP contribution in [0.3, 0.4) is 0 Å². The Morgan fingerprint density at radius 1 is 1.21 bits per heavy atom. The van der Waals surface area contributed by atoms with E-state index in [0.717, 1.165) is 25.3 Å². The maximum Gasteiger partial charge on any atom is 0.176 e. The Labute approximate surface area is 116 Å². The summed E-state index contributed by atoms with van der Waals surface area (Å²) in [6.45, 7) is 2.41. The second-order valence-corrected chi connectivity index (χ2v) is 5.05. The van der Waals surface area contributed by atoms with Gasteiger partial charge in [0.1, 0.15) is 5.75 Å². The summed E-state index contributed by atoms with van der Waals surface area (Å²) in [6.07, 6.45) is 1.06. The molecule has 106 valence electrons. The van der Waals surface area contributed by atoms with Crippen molar-refractivity contribution in [3.05, 3.63) is 29.8 Å². The summed E-state index contributed by atoms with van der Waals surface area (Å²) in [5.74, 6) is 0.854. The molecule has 0 spiro atoms. The van der Waals surface area contributed by atoms with E-state index in [2.05, 4.69) is 23.9 Å². The molecule has 0 N–H and O–H groups in total.